The van der Waals surface area contributed by atoms with Crippen molar-refractivity contribution in [3.8, 4) is 11.5 Å². The summed E-state index contributed by atoms with van der Waals surface area (Å²) in [7, 11) is 3.13. The first-order valence-electron chi connectivity index (χ1n) is 14.4. The monoisotopic (exact) mass is 643 g/mol. The van der Waals surface area contributed by atoms with Gasteiger partial charge in [0.05, 0.1) is 43.1 Å². The molecule has 0 saturated heterocycles. The number of fused-ring (bicyclic) bond motifs is 1. The summed E-state index contributed by atoms with van der Waals surface area (Å²) in [5.41, 5.74) is 0.0411. The Morgan fingerprint density at radius 1 is 1.04 bits per heavy atom. The van der Waals surface area contributed by atoms with E-state index in [-0.39, 0.29) is 48.3 Å². The molecule has 3 aromatic carbocycles. The lowest BCUT2D eigenvalue weighted by Gasteiger charge is -2.38. The van der Waals surface area contributed by atoms with Crippen molar-refractivity contribution in [1.29, 1.82) is 0 Å². The number of amides is 5. The molecule has 5 amide bonds. The van der Waals surface area contributed by atoms with Crippen molar-refractivity contribution < 1.29 is 42.1 Å². The van der Waals surface area contributed by atoms with E-state index in [1.54, 1.807) is 51.4 Å². The number of hydrogen-bond acceptors (Lipinski definition) is 6. The number of benzene rings is 3. The number of anilines is 3. The maximum absolute atomic E-state index is 13.7. The van der Waals surface area contributed by atoms with Crippen molar-refractivity contribution in [3.63, 3.8) is 0 Å². The number of likely N-dealkylation sites (N-methyl/N-ethyl adjacent to an activating group) is 1. The van der Waals surface area contributed by atoms with Gasteiger partial charge >= 0.3 is 18.2 Å². The Balaban J connectivity index is 1.58. The molecule has 4 rings (SSSR count). The van der Waals surface area contributed by atoms with Gasteiger partial charge < -0.3 is 40.3 Å². The number of rotatable bonds is 8. The summed E-state index contributed by atoms with van der Waals surface area (Å²) in [6.45, 7) is 3.56. The molecule has 1 aliphatic rings. The molecule has 0 aromatic heterocycles. The Bertz CT molecular complexity index is 1530. The molecule has 3 atom stereocenters. The van der Waals surface area contributed by atoms with Gasteiger partial charge in [0, 0.05) is 30.9 Å². The van der Waals surface area contributed by atoms with Crippen molar-refractivity contribution in [3.05, 3.63) is 77.9 Å². The number of methoxy groups -OCH3 is 1. The van der Waals surface area contributed by atoms with E-state index in [9.17, 15) is 32.7 Å². The number of halogens is 3. The van der Waals surface area contributed by atoms with Gasteiger partial charge in [0.25, 0.3) is 5.91 Å². The zero-order valence-corrected chi connectivity index (χ0v) is 25.7. The summed E-state index contributed by atoms with van der Waals surface area (Å²) in [6, 6.07) is 13.6. The van der Waals surface area contributed by atoms with Gasteiger partial charge in [-0.1, -0.05) is 13.0 Å². The van der Waals surface area contributed by atoms with Crippen LogP contribution in [0.5, 0.6) is 11.5 Å². The molecule has 0 bridgehead atoms. The second-order valence-corrected chi connectivity index (χ2v) is 11.0. The Labute approximate surface area is 264 Å². The van der Waals surface area contributed by atoms with Crippen LogP contribution in [-0.4, -0.2) is 78.9 Å². The minimum Gasteiger partial charge on any atom is -0.497 e. The predicted octanol–water partition coefficient (Wildman–Crippen LogP) is 5.74. The molecule has 1 aliphatic heterocycles. The average molecular weight is 644 g/mol. The third-order valence-electron chi connectivity index (χ3n) is 7.55. The van der Waals surface area contributed by atoms with Gasteiger partial charge in [-0.05, 0) is 67.6 Å². The first-order valence-corrected chi connectivity index (χ1v) is 14.4. The smallest absolute Gasteiger partial charge is 0.416 e. The van der Waals surface area contributed by atoms with Crippen LogP contribution in [0.2, 0.25) is 0 Å². The minimum absolute atomic E-state index is 0.0470. The van der Waals surface area contributed by atoms with Crippen molar-refractivity contribution in [2.24, 2.45) is 5.92 Å². The van der Waals surface area contributed by atoms with E-state index >= 15 is 0 Å². The van der Waals surface area contributed by atoms with Crippen molar-refractivity contribution >= 4 is 35.0 Å². The van der Waals surface area contributed by atoms with E-state index in [0.717, 1.165) is 24.3 Å². The van der Waals surface area contributed by atoms with Crippen molar-refractivity contribution in [2.75, 3.05) is 49.8 Å². The average Bonchev–Trinajstić information content (AvgIpc) is 3.02. The minimum atomic E-state index is -4.52. The van der Waals surface area contributed by atoms with Gasteiger partial charge in [0.15, 0.2) is 5.75 Å². The number of nitrogens with zero attached hydrogens (tertiary/aromatic N) is 2. The van der Waals surface area contributed by atoms with Gasteiger partial charge in [0.2, 0.25) is 0 Å². The van der Waals surface area contributed by atoms with E-state index in [2.05, 4.69) is 16.0 Å². The molecule has 0 saturated carbocycles. The molecule has 0 fully saturated rings. The number of alkyl halides is 3. The molecule has 1 heterocycles. The van der Waals surface area contributed by atoms with E-state index in [4.69, 9.17) is 9.47 Å². The predicted molar refractivity (Wildman–Crippen MR) is 166 cm³/mol. The normalized spacial score (nSPS) is 17.0. The Morgan fingerprint density at radius 3 is 2.28 bits per heavy atom. The molecule has 14 heteroatoms. The molecule has 246 valence electrons. The second-order valence-electron chi connectivity index (χ2n) is 11.0. The Hall–Kier alpha value is -4.98. The number of aliphatic hydroxyl groups is 1. The molecule has 4 N–H and O–H groups in total. The van der Waals surface area contributed by atoms with Gasteiger partial charge in [-0.15, -0.1) is 0 Å². The summed E-state index contributed by atoms with van der Waals surface area (Å²) in [6.07, 6.45) is -5.20. The summed E-state index contributed by atoms with van der Waals surface area (Å²) < 4.78 is 50.4. The molecular formula is C32H36F3N5O6. The largest absolute Gasteiger partial charge is 0.497 e. The zero-order valence-electron chi connectivity index (χ0n) is 25.7. The number of carbonyl (C=O) groups excluding carboxylic acids is 3. The van der Waals surface area contributed by atoms with Crippen LogP contribution >= 0.6 is 0 Å². The molecule has 0 aliphatic carbocycles. The number of aliphatic hydroxyl groups excluding tert-OH is 1. The third kappa shape index (κ3) is 8.18. The fourth-order valence-corrected chi connectivity index (χ4v) is 4.83. The van der Waals surface area contributed by atoms with E-state index in [1.165, 1.54) is 21.9 Å². The molecule has 0 unspecified atom stereocenters. The highest BCUT2D eigenvalue weighted by atomic mass is 19.4. The summed E-state index contributed by atoms with van der Waals surface area (Å²) >= 11 is 0. The number of carbonyl (C=O) groups is 3. The zero-order chi connectivity index (χ0) is 33.6. The number of hydrogen-bond donors (Lipinski definition) is 4. The molecule has 11 nitrogen and oxygen atoms in total. The fourth-order valence-electron chi connectivity index (χ4n) is 4.83. The lowest BCUT2D eigenvalue weighted by molar-refractivity contribution is -0.137. The van der Waals surface area contributed by atoms with Crippen molar-refractivity contribution in [1.82, 2.24) is 9.80 Å². The van der Waals surface area contributed by atoms with Crippen LogP contribution in [0.4, 0.5) is 39.8 Å². The molecule has 3 aromatic rings. The SMILES string of the molecule is COc1ccc(NC(=O)N(C)C[C@@H]2Oc3c(NC(=O)Nc4ccc(C(F)(F)F)cc4)cccc3C(=O)N([C@H](C)CO)C[C@@H]2C)cc1. The van der Waals surface area contributed by atoms with E-state index in [0.29, 0.717) is 11.4 Å². The molecule has 0 radical (unpaired) electrons. The Morgan fingerprint density at radius 2 is 1.67 bits per heavy atom. The first kappa shape index (κ1) is 33.9. The lowest BCUT2D eigenvalue weighted by Crippen LogP contribution is -2.50. The van der Waals surface area contributed by atoms with Crippen LogP contribution in [0, 0.1) is 5.92 Å². The van der Waals surface area contributed by atoms with Gasteiger partial charge in [-0.2, -0.15) is 13.2 Å². The van der Waals surface area contributed by atoms with E-state index < -0.39 is 41.9 Å². The van der Waals surface area contributed by atoms with Crippen LogP contribution in [0.25, 0.3) is 0 Å². The highest BCUT2D eigenvalue weighted by Gasteiger charge is 2.35. The Kier molecular flexibility index (Phi) is 10.6. The number of ether oxygens (including phenoxy) is 2. The van der Waals surface area contributed by atoms with Gasteiger partial charge in [-0.25, -0.2) is 9.59 Å². The highest BCUT2D eigenvalue weighted by Crippen LogP contribution is 2.35. The quantitative estimate of drug-likeness (QED) is 0.248. The van der Waals surface area contributed by atoms with Gasteiger partial charge in [-0.3, -0.25) is 4.79 Å². The molecular weight excluding hydrogens is 607 g/mol. The highest BCUT2D eigenvalue weighted by molar-refractivity contribution is 6.04. The lowest BCUT2D eigenvalue weighted by atomic mass is 9.99. The van der Waals surface area contributed by atoms with Crippen LogP contribution in [0.1, 0.15) is 29.8 Å². The maximum Gasteiger partial charge on any atom is 0.416 e. The number of para-hydroxylation sites is 1. The number of nitrogens with one attached hydrogen (secondary N) is 3. The standard InChI is InChI=1S/C32H36F3N5O6/c1-19-16-40(20(2)18-41)29(42)25-6-5-7-26(38-30(43)36-22-10-8-21(9-11-22)32(33,34)35)28(25)46-27(19)17-39(3)31(44)37-23-12-14-24(45-4)15-13-23/h5-15,19-20,27,41H,16-18H2,1-4H3,(H,37,44)(H2,36,38,43)/t19-,20+,27-/m0/s1. The molecule has 46 heavy (non-hydrogen) atoms. The van der Waals surface area contributed by atoms with E-state index in [1.807, 2.05) is 6.92 Å². The topological polar surface area (TPSA) is 132 Å². The van der Waals surface area contributed by atoms with Crippen LogP contribution in [-0.2, 0) is 6.18 Å². The first-order chi connectivity index (χ1) is 21.8. The number of urea groups is 2. The van der Waals surface area contributed by atoms with Crippen molar-refractivity contribution in [2.45, 2.75) is 32.2 Å². The summed E-state index contributed by atoms with van der Waals surface area (Å²) in [5.74, 6) is -0.0863. The summed E-state index contributed by atoms with van der Waals surface area (Å²) in [4.78, 5) is 42.7. The van der Waals surface area contributed by atoms with Crippen LogP contribution in [0.15, 0.2) is 66.7 Å². The third-order valence-corrected chi connectivity index (χ3v) is 7.55. The second kappa shape index (κ2) is 14.4. The summed E-state index contributed by atoms with van der Waals surface area (Å²) in [5, 5.41) is 17.8. The van der Waals surface area contributed by atoms with Crippen LogP contribution in [0.3, 0.4) is 0 Å². The molecule has 0 spiro atoms. The fraction of sp³-hybridized carbons (Fsp3) is 0.344. The van der Waals surface area contributed by atoms with Gasteiger partial charge in [0.1, 0.15) is 11.9 Å². The van der Waals surface area contributed by atoms with Crippen LogP contribution < -0.4 is 25.4 Å². The maximum atomic E-state index is 13.7.